The number of hydrogen-bond acceptors (Lipinski definition) is 4. The lowest BCUT2D eigenvalue weighted by Gasteiger charge is -2.25. The van der Waals surface area contributed by atoms with E-state index >= 15 is 0 Å². The predicted molar refractivity (Wildman–Crippen MR) is 92.2 cm³/mol. The van der Waals surface area contributed by atoms with Gasteiger partial charge in [-0.05, 0) is 23.8 Å². The number of aliphatic hydroxyl groups excluding tert-OH is 1. The van der Waals surface area contributed by atoms with Crippen LogP contribution in [0, 0.1) is 24.2 Å². The third-order valence-corrected chi connectivity index (χ3v) is 3.63. The molecule has 24 heavy (non-hydrogen) atoms. The van der Waals surface area contributed by atoms with E-state index in [2.05, 4.69) is 17.8 Å². The summed E-state index contributed by atoms with van der Waals surface area (Å²) in [7, 11) is 1.58. The molecule has 1 aromatic carbocycles. The fourth-order valence-electron chi connectivity index (χ4n) is 2.32. The van der Waals surface area contributed by atoms with Gasteiger partial charge in [0, 0.05) is 19.1 Å². The Morgan fingerprint density at radius 3 is 2.75 bits per heavy atom. The second-order valence-electron chi connectivity index (χ2n) is 5.15. The van der Waals surface area contributed by atoms with E-state index in [4.69, 9.17) is 21.0 Å². The van der Waals surface area contributed by atoms with Gasteiger partial charge >= 0.3 is 0 Å². The molecule has 0 spiro atoms. The molecule has 1 unspecified atom stereocenters. The maximum absolute atomic E-state index is 11.0. The number of rotatable bonds is 6. The summed E-state index contributed by atoms with van der Waals surface area (Å²) in [6.45, 7) is 0.152. The highest BCUT2D eigenvalue weighted by molar-refractivity contribution is 5.48. The third-order valence-electron chi connectivity index (χ3n) is 3.63. The lowest BCUT2D eigenvalue weighted by Crippen LogP contribution is -2.26. The van der Waals surface area contributed by atoms with Crippen LogP contribution in [0.3, 0.4) is 0 Å². The zero-order valence-corrected chi connectivity index (χ0v) is 13.5. The minimum absolute atomic E-state index is 0.0601. The molecule has 1 aromatic rings. The molecule has 2 N–H and O–H groups in total. The molecule has 0 radical (unpaired) electrons. The third kappa shape index (κ3) is 4.07. The van der Waals surface area contributed by atoms with E-state index in [1.807, 2.05) is 6.08 Å². The van der Waals surface area contributed by atoms with Crippen LogP contribution < -0.4 is 4.74 Å². The molecule has 0 aliphatic heterocycles. The average Bonchev–Trinajstić information content (AvgIpc) is 2.60. The van der Waals surface area contributed by atoms with Crippen LogP contribution in [0.2, 0.25) is 0 Å². The van der Waals surface area contributed by atoms with Gasteiger partial charge in [-0.25, -0.2) is 0 Å². The van der Waals surface area contributed by atoms with Gasteiger partial charge < -0.3 is 19.7 Å². The molecule has 1 aliphatic carbocycles. The minimum atomic E-state index is -1.57. The van der Waals surface area contributed by atoms with E-state index in [-0.39, 0.29) is 19.3 Å². The van der Waals surface area contributed by atoms with Gasteiger partial charge in [0.15, 0.2) is 5.60 Å². The van der Waals surface area contributed by atoms with Crippen molar-refractivity contribution in [2.75, 3.05) is 20.3 Å². The summed E-state index contributed by atoms with van der Waals surface area (Å²) in [4.78, 5) is 0. The fourth-order valence-corrected chi connectivity index (χ4v) is 2.32. The summed E-state index contributed by atoms with van der Waals surface area (Å²) >= 11 is 0. The first-order valence-corrected chi connectivity index (χ1v) is 7.58. The molecule has 0 aromatic heterocycles. The molecule has 0 saturated heterocycles. The van der Waals surface area contributed by atoms with Gasteiger partial charge in [0.1, 0.15) is 18.5 Å². The fraction of sp³-hybridized carbons (Fsp3) is 0.300. The Balaban J connectivity index is 2.31. The van der Waals surface area contributed by atoms with Crippen LogP contribution in [0.1, 0.15) is 12.0 Å². The van der Waals surface area contributed by atoms with Gasteiger partial charge in [-0.2, -0.15) is 0 Å². The van der Waals surface area contributed by atoms with Crippen LogP contribution in [0.5, 0.6) is 5.75 Å². The lowest BCUT2D eigenvalue weighted by atomic mass is 9.85. The van der Waals surface area contributed by atoms with E-state index in [9.17, 15) is 5.11 Å². The van der Waals surface area contributed by atoms with Crippen molar-refractivity contribution in [3.8, 4) is 29.9 Å². The molecule has 124 valence electrons. The number of terminal acetylenes is 1. The molecule has 0 fully saturated rings. The zero-order chi connectivity index (χ0) is 17.4. The monoisotopic (exact) mass is 324 g/mol. The van der Waals surface area contributed by atoms with Crippen molar-refractivity contribution in [2.24, 2.45) is 0 Å². The Labute approximate surface area is 142 Å². The number of methoxy groups -OCH3 is 1. The first-order chi connectivity index (χ1) is 11.6. The highest BCUT2D eigenvalue weighted by Gasteiger charge is 2.30. The van der Waals surface area contributed by atoms with Crippen molar-refractivity contribution in [3.63, 3.8) is 0 Å². The molecular weight excluding hydrogens is 304 g/mol. The molecule has 1 aliphatic rings. The SMILES string of the molecule is C#CC(O)(C1=CCC#C[C@H](OC)C=C1)c1ccc(OCCO)cc1. The second-order valence-corrected chi connectivity index (χ2v) is 5.15. The number of allylic oxidation sites excluding steroid dienone is 1. The average molecular weight is 324 g/mol. The molecule has 2 rings (SSSR count). The van der Waals surface area contributed by atoms with E-state index < -0.39 is 5.60 Å². The first-order valence-electron chi connectivity index (χ1n) is 7.58. The van der Waals surface area contributed by atoms with Crippen LogP contribution >= 0.6 is 0 Å². The van der Waals surface area contributed by atoms with Crippen molar-refractivity contribution in [3.05, 3.63) is 53.6 Å². The Morgan fingerprint density at radius 2 is 2.12 bits per heavy atom. The summed E-state index contributed by atoms with van der Waals surface area (Å²) in [5, 5.41) is 19.8. The van der Waals surface area contributed by atoms with E-state index in [1.54, 1.807) is 43.5 Å². The highest BCUT2D eigenvalue weighted by Crippen LogP contribution is 2.32. The van der Waals surface area contributed by atoms with Crippen molar-refractivity contribution in [1.82, 2.24) is 0 Å². The van der Waals surface area contributed by atoms with Crippen molar-refractivity contribution >= 4 is 0 Å². The zero-order valence-electron chi connectivity index (χ0n) is 13.5. The molecule has 2 atom stereocenters. The van der Waals surface area contributed by atoms with Crippen LogP contribution in [0.25, 0.3) is 0 Å². The topological polar surface area (TPSA) is 58.9 Å². The standard InChI is InChI=1S/C20H20O4/c1-3-20(22,16-6-4-5-7-18(23-2)11-8-16)17-9-12-19(13-10-17)24-15-14-21/h1,6,8-13,18,21-22H,4,14-15H2,2H3/t18-,20?/m0/s1. The quantitative estimate of drug-likeness (QED) is 0.783. The largest absolute Gasteiger partial charge is 0.491 e. The van der Waals surface area contributed by atoms with E-state index in [1.165, 1.54) is 0 Å². The smallest absolute Gasteiger partial charge is 0.176 e. The maximum atomic E-state index is 11.0. The Hall–Kier alpha value is -2.50. The first kappa shape index (κ1) is 17.8. The van der Waals surface area contributed by atoms with Crippen LogP contribution in [0.15, 0.2) is 48.1 Å². The van der Waals surface area contributed by atoms with E-state index in [0.717, 1.165) is 0 Å². The van der Waals surface area contributed by atoms with Crippen molar-refractivity contribution in [1.29, 1.82) is 0 Å². The van der Waals surface area contributed by atoms with Crippen LogP contribution in [-0.4, -0.2) is 36.6 Å². The van der Waals surface area contributed by atoms with Gasteiger partial charge in [0.25, 0.3) is 0 Å². The Morgan fingerprint density at radius 1 is 1.38 bits per heavy atom. The van der Waals surface area contributed by atoms with E-state index in [0.29, 0.717) is 23.3 Å². The second kappa shape index (κ2) is 8.38. The number of hydrogen-bond donors (Lipinski definition) is 2. The molecule has 0 heterocycles. The summed E-state index contributed by atoms with van der Waals surface area (Å²) in [5.74, 6) is 9.00. The lowest BCUT2D eigenvalue weighted by molar-refractivity contribution is 0.143. The summed E-state index contributed by atoms with van der Waals surface area (Å²) in [5.41, 5.74) is -0.437. The Kier molecular flexibility index (Phi) is 6.23. The van der Waals surface area contributed by atoms with Gasteiger partial charge in [0.2, 0.25) is 0 Å². The maximum Gasteiger partial charge on any atom is 0.176 e. The predicted octanol–water partition coefficient (Wildman–Crippen LogP) is 1.78. The van der Waals surface area contributed by atoms with Crippen LogP contribution in [0.4, 0.5) is 0 Å². The molecule has 0 amide bonds. The number of benzene rings is 1. The Bertz CT molecular complexity index is 713. The van der Waals surface area contributed by atoms with Gasteiger partial charge in [-0.3, -0.25) is 0 Å². The highest BCUT2D eigenvalue weighted by atomic mass is 16.5. The summed E-state index contributed by atoms with van der Waals surface area (Å²) < 4.78 is 10.5. The molecule has 4 heteroatoms. The molecule has 0 saturated carbocycles. The van der Waals surface area contributed by atoms with Crippen LogP contribution in [-0.2, 0) is 10.3 Å². The van der Waals surface area contributed by atoms with Crippen molar-refractivity contribution in [2.45, 2.75) is 18.1 Å². The molecule has 0 bridgehead atoms. The number of aliphatic hydroxyl groups is 2. The molecule has 4 nitrogen and oxygen atoms in total. The summed E-state index contributed by atoms with van der Waals surface area (Å²) in [6, 6.07) is 6.83. The summed E-state index contributed by atoms with van der Waals surface area (Å²) in [6.07, 6.45) is 11.1. The normalized spacial score (nSPS) is 18.9. The van der Waals surface area contributed by atoms with Gasteiger partial charge in [0.05, 0.1) is 6.61 Å². The number of ether oxygens (including phenoxy) is 2. The van der Waals surface area contributed by atoms with Crippen molar-refractivity contribution < 1.29 is 19.7 Å². The van der Waals surface area contributed by atoms with Gasteiger partial charge in [-0.1, -0.05) is 42.0 Å². The minimum Gasteiger partial charge on any atom is -0.491 e. The molecular formula is C20H20O4. The van der Waals surface area contributed by atoms with Gasteiger partial charge in [-0.15, -0.1) is 6.42 Å².